The summed E-state index contributed by atoms with van der Waals surface area (Å²) < 4.78 is 5.26. The highest BCUT2D eigenvalue weighted by molar-refractivity contribution is 5.49. The van der Waals surface area contributed by atoms with E-state index in [2.05, 4.69) is 10.2 Å². The van der Waals surface area contributed by atoms with Crippen LogP contribution in [0.3, 0.4) is 0 Å². The van der Waals surface area contributed by atoms with Crippen molar-refractivity contribution in [2.45, 2.75) is 6.23 Å². The molecule has 1 aliphatic heterocycles. The van der Waals surface area contributed by atoms with E-state index in [1.807, 2.05) is 12.1 Å². The van der Waals surface area contributed by atoms with Gasteiger partial charge in [0.25, 0.3) is 0 Å². The van der Waals surface area contributed by atoms with Crippen molar-refractivity contribution < 1.29 is 9.84 Å². The van der Waals surface area contributed by atoms with Crippen LogP contribution in [0, 0.1) is 0 Å². The summed E-state index contributed by atoms with van der Waals surface area (Å²) in [6.45, 7) is 2.71. The van der Waals surface area contributed by atoms with Gasteiger partial charge in [-0.1, -0.05) is 0 Å². The summed E-state index contributed by atoms with van der Waals surface area (Å²) in [6, 6.07) is 7.26. The van der Waals surface area contributed by atoms with Crippen LogP contribution in [0.25, 0.3) is 0 Å². The second-order valence-electron chi connectivity index (χ2n) is 3.64. The van der Waals surface area contributed by atoms with E-state index in [1.165, 1.54) is 0 Å². The van der Waals surface area contributed by atoms with E-state index in [0.717, 1.165) is 25.3 Å². The number of methoxy groups -OCH3 is 1. The Morgan fingerprint density at radius 2 is 2.13 bits per heavy atom. The van der Waals surface area contributed by atoms with E-state index in [-0.39, 0.29) is 6.23 Å². The molecule has 0 amide bonds. The van der Waals surface area contributed by atoms with E-state index in [1.54, 1.807) is 19.2 Å². The molecule has 1 unspecified atom stereocenters. The topological polar surface area (TPSA) is 44.7 Å². The van der Waals surface area contributed by atoms with E-state index >= 15 is 0 Å². The number of hydrogen-bond acceptors (Lipinski definition) is 4. The Morgan fingerprint density at radius 3 is 2.80 bits per heavy atom. The quantitative estimate of drug-likeness (QED) is 0.753. The molecule has 1 atom stereocenters. The normalized spacial score (nSPS) is 21.7. The summed E-state index contributed by atoms with van der Waals surface area (Å²) in [7, 11) is 1.71. The lowest BCUT2D eigenvalue weighted by molar-refractivity contribution is 0.0706. The van der Waals surface area contributed by atoms with Gasteiger partial charge in [-0.15, -0.1) is 0 Å². The standard InChI is InChI=1S/C11H16N2O2/c1-15-11-8-13(7-6-12-11)9-2-4-10(14)5-3-9/h2-5,11-12,14H,6-8H2,1H3. The minimum absolute atomic E-state index is 0.0903. The molecule has 0 radical (unpaired) electrons. The maximum Gasteiger partial charge on any atom is 0.125 e. The van der Waals surface area contributed by atoms with Gasteiger partial charge >= 0.3 is 0 Å². The molecule has 0 aliphatic carbocycles. The number of hydrogen-bond donors (Lipinski definition) is 2. The van der Waals surface area contributed by atoms with Crippen LogP contribution in [0.2, 0.25) is 0 Å². The number of nitrogens with one attached hydrogen (secondary N) is 1. The number of rotatable bonds is 2. The molecule has 4 heteroatoms. The number of benzene rings is 1. The Bertz CT molecular complexity index is 313. The average molecular weight is 208 g/mol. The van der Waals surface area contributed by atoms with Gasteiger partial charge in [0, 0.05) is 25.9 Å². The van der Waals surface area contributed by atoms with Crippen LogP contribution in [0.1, 0.15) is 0 Å². The van der Waals surface area contributed by atoms with Crippen LogP contribution in [0.15, 0.2) is 24.3 Å². The lowest BCUT2D eigenvalue weighted by Gasteiger charge is -2.34. The first-order valence-corrected chi connectivity index (χ1v) is 5.10. The molecule has 1 fully saturated rings. The Balaban J connectivity index is 2.06. The molecule has 0 saturated carbocycles. The molecule has 1 aromatic rings. The molecule has 1 aliphatic rings. The van der Waals surface area contributed by atoms with Crippen molar-refractivity contribution in [3.05, 3.63) is 24.3 Å². The van der Waals surface area contributed by atoms with Crippen LogP contribution in [-0.4, -0.2) is 38.1 Å². The largest absolute Gasteiger partial charge is 0.508 e. The van der Waals surface area contributed by atoms with Gasteiger partial charge in [-0.25, -0.2) is 0 Å². The van der Waals surface area contributed by atoms with Gasteiger partial charge in [0.05, 0.1) is 6.54 Å². The highest BCUT2D eigenvalue weighted by Crippen LogP contribution is 2.19. The molecule has 4 nitrogen and oxygen atoms in total. The smallest absolute Gasteiger partial charge is 0.125 e. The summed E-state index contributed by atoms with van der Waals surface area (Å²) in [5.74, 6) is 0.303. The van der Waals surface area contributed by atoms with Crippen molar-refractivity contribution in [2.24, 2.45) is 0 Å². The number of piperazine rings is 1. The molecule has 15 heavy (non-hydrogen) atoms. The third-order valence-corrected chi connectivity index (χ3v) is 2.64. The van der Waals surface area contributed by atoms with E-state index in [9.17, 15) is 5.11 Å². The van der Waals surface area contributed by atoms with Crippen LogP contribution in [0.5, 0.6) is 5.75 Å². The number of phenolic OH excluding ortho intramolecular Hbond substituents is 1. The van der Waals surface area contributed by atoms with Gasteiger partial charge in [0.1, 0.15) is 12.0 Å². The van der Waals surface area contributed by atoms with E-state index in [0.29, 0.717) is 5.75 Å². The molecule has 0 spiro atoms. The first-order chi connectivity index (χ1) is 7.29. The predicted molar refractivity (Wildman–Crippen MR) is 59.1 cm³/mol. The molecule has 0 aromatic heterocycles. The highest BCUT2D eigenvalue weighted by Gasteiger charge is 2.18. The van der Waals surface area contributed by atoms with Crippen LogP contribution >= 0.6 is 0 Å². The molecule has 1 aromatic carbocycles. The van der Waals surface area contributed by atoms with Gasteiger partial charge in [0.15, 0.2) is 0 Å². The van der Waals surface area contributed by atoms with Gasteiger partial charge in [-0.3, -0.25) is 5.32 Å². The van der Waals surface area contributed by atoms with Crippen molar-refractivity contribution >= 4 is 5.69 Å². The first-order valence-electron chi connectivity index (χ1n) is 5.10. The molecular formula is C11H16N2O2. The summed E-state index contributed by atoms with van der Waals surface area (Å²) in [5.41, 5.74) is 1.12. The highest BCUT2D eigenvalue weighted by atomic mass is 16.5. The van der Waals surface area contributed by atoms with Crippen molar-refractivity contribution in [3.63, 3.8) is 0 Å². The van der Waals surface area contributed by atoms with Crippen LogP contribution < -0.4 is 10.2 Å². The Labute approximate surface area is 89.5 Å². The van der Waals surface area contributed by atoms with E-state index in [4.69, 9.17) is 4.74 Å². The number of aromatic hydroxyl groups is 1. The van der Waals surface area contributed by atoms with Gasteiger partial charge in [-0.2, -0.15) is 0 Å². The molecule has 2 N–H and O–H groups in total. The predicted octanol–water partition coefficient (Wildman–Crippen LogP) is 0.774. The SMILES string of the molecule is COC1CN(c2ccc(O)cc2)CCN1. The van der Waals surface area contributed by atoms with Crippen molar-refractivity contribution in [3.8, 4) is 5.75 Å². The molecule has 2 rings (SSSR count). The molecule has 1 saturated heterocycles. The molecule has 0 bridgehead atoms. The zero-order chi connectivity index (χ0) is 10.7. The third kappa shape index (κ3) is 2.40. The number of phenols is 1. The molecular weight excluding hydrogens is 192 g/mol. The monoisotopic (exact) mass is 208 g/mol. The minimum atomic E-state index is 0.0903. The van der Waals surface area contributed by atoms with Crippen LogP contribution in [0.4, 0.5) is 5.69 Å². The Kier molecular flexibility index (Phi) is 3.08. The number of nitrogens with zero attached hydrogens (tertiary/aromatic N) is 1. The first kappa shape index (κ1) is 10.3. The second kappa shape index (κ2) is 4.51. The average Bonchev–Trinajstić information content (AvgIpc) is 2.30. The fourth-order valence-corrected chi connectivity index (χ4v) is 1.77. The second-order valence-corrected chi connectivity index (χ2v) is 3.64. The Morgan fingerprint density at radius 1 is 1.40 bits per heavy atom. The zero-order valence-corrected chi connectivity index (χ0v) is 8.81. The summed E-state index contributed by atoms with van der Waals surface area (Å²) in [6.07, 6.45) is 0.0903. The minimum Gasteiger partial charge on any atom is -0.508 e. The number of ether oxygens (including phenoxy) is 1. The molecule has 1 heterocycles. The van der Waals surface area contributed by atoms with Gasteiger partial charge in [-0.05, 0) is 24.3 Å². The van der Waals surface area contributed by atoms with Crippen molar-refractivity contribution in [1.29, 1.82) is 0 Å². The summed E-state index contributed by atoms with van der Waals surface area (Å²) >= 11 is 0. The maximum absolute atomic E-state index is 9.20. The fourth-order valence-electron chi connectivity index (χ4n) is 1.77. The maximum atomic E-state index is 9.20. The van der Waals surface area contributed by atoms with E-state index < -0.39 is 0 Å². The zero-order valence-electron chi connectivity index (χ0n) is 8.81. The Hall–Kier alpha value is -1.26. The fraction of sp³-hybridized carbons (Fsp3) is 0.455. The van der Waals surface area contributed by atoms with Crippen LogP contribution in [-0.2, 0) is 4.74 Å². The third-order valence-electron chi connectivity index (χ3n) is 2.64. The van der Waals surface area contributed by atoms with Gasteiger partial charge in [0.2, 0.25) is 0 Å². The summed E-state index contributed by atoms with van der Waals surface area (Å²) in [4.78, 5) is 2.24. The van der Waals surface area contributed by atoms with Gasteiger partial charge < -0.3 is 14.7 Å². The van der Waals surface area contributed by atoms with Crippen molar-refractivity contribution in [2.75, 3.05) is 31.6 Å². The number of anilines is 1. The van der Waals surface area contributed by atoms with Crippen molar-refractivity contribution in [1.82, 2.24) is 5.32 Å². The lowest BCUT2D eigenvalue weighted by Crippen LogP contribution is -2.51. The lowest BCUT2D eigenvalue weighted by atomic mass is 10.2. The molecule has 82 valence electrons. The summed E-state index contributed by atoms with van der Waals surface area (Å²) in [5, 5.41) is 12.5.